The first-order chi connectivity index (χ1) is 12.5. The van der Waals surface area contributed by atoms with Crippen LogP contribution < -0.4 is 14.8 Å². The standard InChI is InChI=1S/C19H22N2O5/c1-4-10-26-16-9-8-13(11-17(16)25-3)12(2)20-18(22)14-6-5-7-15(21-14)19(23)24/h5-9,11-12H,4,10H2,1-3H3,(H,20,22)(H,23,24). The maximum atomic E-state index is 12.3. The number of hydrogen-bond donors (Lipinski definition) is 2. The highest BCUT2D eigenvalue weighted by Crippen LogP contribution is 2.30. The van der Waals surface area contributed by atoms with Crippen molar-refractivity contribution < 1.29 is 24.2 Å². The van der Waals surface area contributed by atoms with E-state index < -0.39 is 11.9 Å². The molecule has 1 aromatic carbocycles. The van der Waals surface area contributed by atoms with Crippen molar-refractivity contribution in [2.24, 2.45) is 0 Å². The van der Waals surface area contributed by atoms with Crippen LogP contribution in [0.4, 0.5) is 0 Å². The highest BCUT2D eigenvalue weighted by molar-refractivity contribution is 5.94. The quantitative estimate of drug-likeness (QED) is 0.753. The summed E-state index contributed by atoms with van der Waals surface area (Å²) in [6.07, 6.45) is 0.889. The summed E-state index contributed by atoms with van der Waals surface area (Å²) in [6, 6.07) is 9.41. The van der Waals surface area contributed by atoms with Gasteiger partial charge in [0.1, 0.15) is 11.4 Å². The van der Waals surface area contributed by atoms with E-state index in [1.807, 2.05) is 19.9 Å². The second kappa shape index (κ2) is 8.84. The Morgan fingerprint density at radius 2 is 1.92 bits per heavy atom. The first-order valence-electron chi connectivity index (χ1n) is 8.28. The minimum Gasteiger partial charge on any atom is -0.493 e. The van der Waals surface area contributed by atoms with Crippen molar-refractivity contribution in [1.82, 2.24) is 10.3 Å². The molecule has 1 amide bonds. The zero-order chi connectivity index (χ0) is 19.1. The van der Waals surface area contributed by atoms with Gasteiger partial charge in [-0.2, -0.15) is 0 Å². The molecule has 1 aromatic heterocycles. The minimum absolute atomic E-state index is 0.0478. The first-order valence-corrected chi connectivity index (χ1v) is 8.28. The lowest BCUT2D eigenvalue weighted by molar-refractivity contribution is 0.0690. The Labute approximate surface area is 152 Å². The SMILES string of the molecule is CCCOc1ccc(C(C)NC(=O)c2cccc(C(=O)O)n2)cc1OC. The van der Waals surface area contributed by atoms with E-state index in [-0.39, 0.29) is 17.4 Å². The van der Waals surface area contributed by atoms with Crippen LogP contribution >= 0.6 is 0 Å². The molecule has 0 saturated heterocycles. The Morgan fingerprint density at radius 1 is 1.19 bits per heavy atom. The van der Waals surface area contributed by atoms with Gasteiger partial charge in [0.25, 0.3) is 5.91 Å². The number of hydrogen-bond acceptors (Lipinski definition) is 5. The molecule has 26 heavy (non-hydrogen) atoms. The fourth-order valence-electron chi connectivity index (χ4n) is 2.32. The summed E-state index contributed by atoms with van der Waals surface area (Å²) < 4.78 is 11.0. The lowest BCUT2D eigenvalue weighted by Crippen LogP contribution is -2.27. The minimum atomic E-state index is -1.18. The Hall–Kier alpha value is -3.09. The third-order valence-corrected chi connectivity index (χ3v) is 3.70. The van der Waals surface area contributed by atoms with Crippen molar-refractivity contribution in [3.8, 4) is 11.5 Å². The van der Waals surface area contributed by atoms with Crippen LogP contribution in [0.5, 0.6) is 11.5 Å². The summed E-state index contributed by atoms with van der Waals surface area (Å²) in [7, 11) is 1.56. The number of carboxylic acids is 1. The van der Waals surface area contributed by atoms with E-state index in [0.29, 0.717) is 18.1 Å². The third-order valence-electron chi connectivity index (χ3n) is 3.70. The van der Waals surface area contributed by atoms with Gasteiger partial charge in [-0.15, -0.1) is 0 Å². The van der Waals surface area contributed by atoms with Crippen LogP contribution in [0, 0.1) is 0 Å². The van der Waals surface area contributed by atoms with Gasteiger partial charge in [0.2, 0.25) is 0 Å². The number of aromatic nitrogens is 1. The van der Waals surface area contributed by atoms with Gasteiger partial charge < -0.3 is 19.9 Å². The number of carbonyl (C=O) groups is 2. The Balaban J connectivity index is 2.13. The predicted molar refractivity (Wildman–Crippen MR) is 95.9 cm³/mol. The maximum Gasteiger partial charge on any atom is 0.354 e. The van der Waals surface area contributed by atoms with Crippen molar-refractivity contribution in [2.45, 2.75) is 26.3 Å². The molecule has 7 heteroatoms. The van der Waals surface area contributed by atoms with Gasteiger partial charge in [0, 0.05) is 0 Å². The van der Waals surface area contributed by atoms with Gasteiger partial charge in [0.15, 0.2) is 11.5 Å². The molecule has 0 fully saturated rings. The summed E-state index contributed by atoms with van der Waals surface area (Å²) in [6.45, 7) is 4.43. The molecule has 0 radical (unpaired) electrons. The lowest BCUT2D eigenvalue weighted by atomic mass is 10.1. The number of rotatable bonds is 8. The van der Waals surface area contributed by atoms with Crippen LogP contribution in [-0.2, 0) is 0 Å². The van der Waals surface area contributed by atoms with Gasteiger partial charge in [0.05, 0.1) is 19.8 Å². The molecule has 0 aliphatic heterocycles. The van der Waals surface area contributed by atoms with Crippen molar-refractivity contribution in [2.75, 3.05) is 13.7 Å². The second-order valence-electron chi connectivity index (χ2n) is 5.67. The van der Waals surface area contributed by atoms with Crippen LogP contribution in [0.15, 0.2) is 36.4 Å². The smallest absolute Gasteiger partial charge is 0.354 e. The molecule has 7 nitrogen and oxygen atoms in total. The zero-order valence-corrected chi connectivity index (χ0v) is 15.0. The second-order valence-corrected chi connectivity index (χ2v) is 5.67. The molecular formula is C19H22N2O5. The van der Waals surface area contributed by atoms with Crippen molar-refractivity contribution in [3.63, 3.8) is 0 Å². The molecule has 1 atom stereocenters. The molecule has 0 spiro atoms. The molecule has 0 saturated carbocycles. The Morgan fingerprint density at radius 3 is 2.58 bits per heavy atom. The van der Waals surface area contributed by atoms with Gasteiger partial charge in [-0.25, -0.2) is 9.78 Å². The number of carbonyl (C=O) groups excluding carboxylic acids is 1. The number of carboxylic acid groups (broad SMARTS) is 1. The Bertz CT molecular complexity index is 791. The third kappa shape index (κ3) is 4.72. The van der Waals surface area contributed by atoms with Gasteiger partial charge in [-0.3, -0.25) is 4.79 Å². The maximum absolute atomic E-state index is 12.3. The molecule has 2 aromatic rings. The monoisotopic (exact) mass is 358 g/mol. The van der Waals surface area contributed by atoms with Crippen molar-refractivity contribution >= 4 is 11.9 Å². The summed E-state index contributed by atoms with van der Waals surface area (Å²) in [5.41, 5.74) is 0.699. The summed E-state index contributed by atoms with van der Waals surface area (Å²) >= 11 is 0. The van der Waals surface area contributed by atoms with E-state index in [2.05, 4.69) is 10.3 Å². The number of methoxy groups -OCH3 is 1. The molecule has 2 N–H and O–H groups in total. The molecule has 138 valence electrons. The predicted octanol–water partition coefficient (Wildman–Crippen LogP) is 3.07. The van der Waals surface area contributed by atoms with Gasteiger partial charge >= 0.3 is 5.97 Å². The number of amides is 1. The van der Waals surface area contributed by atoms with Crippen LogP contribution in [0.1, 0.15) is 52.9 Å². The lowest BCUT2D eigenvalue weighted by Gasteiger charge is -2.17. The van der Waals surface area contributed by atoms with E-state index in [1.165, 1.54) is 18.2 Å². The highest BCUT2D eigenvalue weighted by atomic mass is 16.5. The molecule has 0 aliphatic rings. The average Bonchev–Trinajstić information content (AvgIpc) is 2.66. The summed E-state index contributed by atoms with van der Waals surface area (Å²) in [4.78, 5) is 27.2. The fraction of sp³-hybridized carbons (Fsp3) is 0.316. The average molecular weight is 358 g/mol. The molecule has 1 heterocycles. The number of nitrogens with one attached hydrogen (secondary N) is 1. The number of pyridine rings is 1. The van der Waals surface area contributed by atoms with Gasteiger partial charge in [-0.05, 0) is 43.2 Å². The van der Waals surface area contributed by atoms with Crippen molar-refractivity contribution in [3.05, 3.63) is 53.3 Å². The number of aromatic carboxylic acids is 1. The van der Waals surface area contributed by atoms with Gasteiger partial charge in [-0.1, -0.05) is 19.1 Å². The van der Waals surface area contributed by atoms with Crippen LogP contribution in [0.2, 0.25) is 0 Å². The van der Waals surface area contributed by atoms with Crippen LogP contribution in [0.25, 0.3) is 0 Å². The van der Waals surface area contributed by atoms with Crippen LogP contribution in [0.3, 0.4) is 0 Å². The Kier molecular flexibility index (Phi) is 6.54. The van der Waals surface area contributed by atoms with E-state index >= 15 is 0 Å². The largest absolute Gasteiger partial charge is 0.493 e. The normalized spacial score (nSPS) is 11.5. The summed E-state index contributed by atoms with van der Waals surface area (Å²) in [5, 5.41) is 11.8. The van der Waals surface area contributed by atoms with E-state index in [9.17, 15) is 9.59 Å². The molecule has 1 unspecified atom stereocenters. The molecule has 0 aliphatic carbocycles. The topological polar surface area (TPSA) is 97.8 Å². The highest BCUT2D eigenvalue weighted by Gasteiger charge is 2.16. The zero-order valence-electron chi connectivity index (χ0n) is 15.0. The van der Waals surface area contributed by atoms with Crippen molar-refractivity contribution in [1.29, 1.82) is 0 Å². The van der Waals surface area contributed by atoms with E-state index in [1.54, 1.807) is 19.2 Å². The first kappa shape index (κ1) is 19.2. The number of ether oxygens (including phenoxy) is 2. The fourth-order valence-corrected chi connectivity index (χ4v) is 2.32. The van der Waals surface area contributed by atoms with Crippen LogP contribution in [-0.4, -0.2) is 35.7 Å². The number of benzene rings is 1. The van der Waals surface area contributed by atoms with E-state index in [0.717, 1.165) is 12.0 Å². The molecule has 2 rings (SSSR count). The molecular weight excluding hydrogens is 336 g/mol. The summed E-state index contributed by atoms with van der Waals surface area (Å²) in [5.74, 6) is -0.401. The molecule has 0 bridgehead atoms. The van der Waals surface area contributed by atoms with E-state index in [4.69, 9.17) is 14.6 Å². The number of nitrogens with zero attached hydrogens (tertiary/aromatic N) is 1.